The van der Waals surface area contributed by atoms with Gasteiger partial charge >= 0.3 is 0 Å². The molecule has 1 aromatic carbocycles. The molecule has 1 aliphatic heterocycles. The lowest BCUT2D eigenvalue weighted by Gasteiger charge is -2.22. The van der Waals surface area contributed by atoms with E-state index in [2.05, 4.69) is 23.6 Å². The zero-order valence-corrected chi connectivity index (χ0v) is 11.5. The van der Waals surface area contributed by atoms with Crippen LogP contribution in [-0.2, 0) is 12.8 Å². The van der Waals surface area contributed by atoms with Crippen molar-refractivity contribution in [3.8, 4) is 5.75 Å². The number of hydrazine groups is 1. The van der Waals surface area contributed by atoms with Gasteiger partial charge in [-0.3, -0.25) is 11.3 Å². The topological polar surface area (TPSA) is 47.3 Å². The minimum Gasteiger partial charge on any atom is -0.493 e. The predicted octanol–water partition coefficient (Wildman–Crippen LogP) is 2.58. The molecule has 19 heavy (non-hydrogen) atoms. The highest BCUT2D eigenvalue weighted by Crippen LogP contribution is 2.30. The molecule has 1 fully saturated rings. The Morgan fingerprint density at radius 3 is 2.95 bits per heavy atom. The van der Waals surface area contributed by atoms with E-state index in [1.807, 2.05) is 0 Å². The minimum absolute atomic E-state index is 0.479. The number of rotatable bonds is 5. The van der Waals surface area contributed by atoms with Crippen molar-refractivity contribution in [2.24, 2.45) is 11.8 Å². The van der Waals surface area contributed by atoms with Gasteiger partial charge in [0.25, 0.3) is 0 Å². The van der Waals surface area contributed by atoms with E-state index in [0.29, 0.717) is 6.04 Å². The molecule has 1 atom stereocenters. The normalized spacial score (nSPS) is 20.3. The van der Waals surface area contributed by atoms with Crippen molar-refractivity contribution in [2.45, 2.75) is 51.0 Å². The summed E-state index contributed by atoms with van der Waals surface area (Å²) in [6.45, 7) is 0.841. The van der Waals surface area contributed by atoms with Crippen molar-refractivity contribution in [3.63, 3.8) is 0 Å². The maximum Gasteiger partial charge on any atom is 0.122 e. The van der Waals surface area contributed by atoms with Gasteiger partial charge in [0.1, 0.15) is 5.75 Å². The van der Waals surface area contributed by atoms with Crippen molar-refractivity contribution in [1.82, 2.24) is 5.43 Å². The second-order valence-corrected chi connectivity index (χ2v) is 5.90. The third kappa shape index (κ3) is 2.93. The van der Waals surface area contributed by atoms with Crippen LogP contribution < -0.4 is 16.0 Å². The lowest BCUT2D eigenvalue weighted by Crippen LogP contribution is -2.40. The van der Waals surface area contributed by atoms with Gasteiger partial charge in [-0.1, -0.05) is 25.0 Å². The third-order valence-electron chi connectivity index (χ3n) is 4.68. The molecule has 3 heteroatoms. The highest BCUT2D eigenvalue weighted by molar-refractivity contribution is 5.39. The van der Waals surface area contributed by atoms with Gasteiger partial charge in [-0.25, -0.2) is 0 Å². The quantitative estimate of drug-likeness (QED) is 0.632. The molecule has 104 valence electrons. The van der Waals surface area contributed by atoms with E-state index < -0.39 is 0 Å². The predicted molar refractivity (Wildman–Crippen MR) is 77.0 cm³/mol. The molecule has 3 rings (SSSR count). The van der Waals surface area contributed by atoms with Crippen LogP contribution in [0.3, 0.4) is 0 Å². The molecule has 1 aliphatic carbocycles. The minimum atomic E-state index is 0.479. The summed E-state index contributed by atoms with van der Waals surface area (Å²) in [6, 6.07) is 7.11. The summed E-state index contributed by atoms with van der Waals surface area (Å²) in [7, 11) is 0. The molecule has 2 aliphatic rings. The molecule has 0 bridgehead atoms. The Labute approximate surface area is 115 Å². The average molecular weight is 260 g/mol. The summed E-state index contributed by atoms with van der Waals surface area (Å²) < 4.78 is 5.55. The number of hydrogen-bond donors (Lipinski definition) is 2. The molecule has 0 spiro atoms. The van der Waals surface area contributed by atoms with Crippen LogP contribution in [0.4, 0.5) is 0 Å². The number of fused-ring (bicyclic) bond motifs is 1. The number of nitrogens with two attached hydrogens (primary N) is 1. The smallest absolute Gasteiger partial charge is 0.122 e. The average Bonchev–Trinajstić information content (AvgIpc) is 3.10. The van der Waals surface area contributed by atoms with Crippen LogP contribution >= 0.6 is 0 Å². The lowest BCUT2D eigenvalue weighted by molar-refractivity contribution is 0.345. The van der Waals surface area contributed by atoms with Crippen LogP contribution in [0.1, 0.15) is 43.2 Å². The fourth-order valence-electron chi connectivity index (χ4n) is 3.53. The van der Waals surface area contributed by atoms with E-state index in [4.69, 9.17) is 10.6 Å². The Morgan fingerprint density at radius 1 is 1.32 bits per heavy atom. The molecular formula is C16H24N2O. The fraction of sp³-hybridized carbons (Fsp3) is 0.625. The third-order valence-corrected chi connectivity index (χ3v) is 4.68. The second-order valence-electron chi connectivity index (χ2n) is 5.90. The first-order valence-corrected chi connectivity index (χ1v) is 7.57. The van der Waals surface area contributed by atoms with Crippen LogP contribution in [0.5, 0.6) is 5.75 Å². The van der Waals surface area contributed by atoms with Crippen molar-refractivity contribution < 1.29 is 4.74 Å². The zero-order valence-electron chi connectivity index (χ0n) is 11.5. The molecular weight excluding hydrogens is 236 g/mol. The highest BCUT2D eigenvalue weighted by atomic mass is 16.5. The van der Waals surface area contributed by atoms with E-state index in [1.165, 1.54) is 36.8 Å². The van der Waals surface area contributed by atoms with Gasteiger partial charge in [0.15, 0.2) is 0 Å². The van der Waals surface area contributed by atoms with Gasteiger partial charge in [0.05, 0.1) is 6.61 Å². The van der Waals surface area contributed by atoms with E-state index in [-0.39, 0.29) is 0 Å². The van der Waals surface area contributed by atoms with E-state index in [1.54, 1.807) is 0 Å². The summed E-state index contributed by atoms with van der Waals surface area (Å²) in [6.07, 6.45) is 8.74. The SMILES string of the molecule is NNC(CCc1ccc2c(c1)CCO2)C1CCCC1. The van der Waals surface area contributed by atoms with Crippen molar-refractivity contribution in [3.05, 3.63) is 29.3 Å². The van der Waals surface area contributed by atoms with E-state index in [0.717, 1.165) is 37.5 Å². The molecule has 1 heterocycles. The van der Waals surface area contributed by atoms with Gasteiger partial charge in [0, 0.05) is 12.5 Å². The number of benzene rings is 1. The molecule has 0 amide bonds. The maximum absolute atomic E-state index is 5.74. The zero-order chi connectivity index (χ0) is 13.1. The van der Waals surface area contributed by atoms with Gasteiger partial charge in [-0.05, 0) is 48.8 Å². The highest BCUT2D eigenvalue weighted by Gasteiger charge is 2.23. The summed E-state index contributed by atoms with van der Waals surface area (Å²) in [5.74, 6) is 7.59. The Balaban J connectivity index is 1.58. The molecule has 3 nitrogen and oxygen atoms in total. The summed E-state index contributed by atoms with van der Waals surface area (Å²) in [5.41, 5.74) is 5.83. The first-order chi connectivity index (χ1) is 9.36. The van der Waals surface area contributed by atoms with Crippen LogP contribution in [0.25, 0.3) is 0 Å². The monoisotopic (exact) mass is 260 g/mol. The Morgan fingerprint density at radius 2 is 2.16 bits per heavy atom. The lowest BCUT2D eigenvalue weighted by atomic mass is 9.92. The fourth-order valence-corrected chi connectivity index (χ4v) is 3.53. The standard InChI is InChI=1S/C16H24N2O/c17-18-15(13-3-1-2-4-13)7-5-12-6-8-16-14(11-12)9-10-19-16/h6,8,11,13,15,18H,1-5,7,9-10,17H2. The second kappa shape index (κ2) is 5.93. The summed E-state index contributed by atoms with van der Waals surface area (Å²) >= 11 is 0. The largest absolute Gasteiger partial charge is 0.493 e. The van der Waals surface area contributed by atoms with Gasteiger partial charge in [-0.15, -0.1) is 0 Å². The Bertz CT molecular complexity index is 427. The molecule has 1 unspecified atom stereocenters. The van der Waals surface area contributed by atoms with Crippen molar-refractivity contribution in [1.29, 1.82) is 0 Å². The molecule has 1 saturated carbocycles. The molecule has 0 radical (unpaired) electrons. The number of hydrogen-bond acceptors (Lipinski definition) is 3. The summed E-state index contributed by atoms with van der Waals surface area (Å²) in [4.78, 5) is 0. The summed E-state index contributed by atoms with van der Waals surface area (Å²) in [5, 5.41) is 0. The van der Waals surface area contributed by atoms with Crippen molar-refractivity contribution in [2.75, 3.05) is 6.61 Å². The number of ether oxygens (including phenoxy) is 1. The van der Waals surface area contributed by atoms with Gasteiger partial charge in [-0.2, -0.15) is 0 Å². The maximum atomic E-state index is 5.74. The van der Waals surface area contributed by atoms with Crippen LogP contribution in [0.2, 0.25) is 0 Å². The van der Waals surface area contributed by atoms with Crippen molar-refractivity contribution >= 4 is 0 Å². The van der Waals surface area contributed by atoms with Crippen LogP contribution in [0, 0.1) is 5.92 Å². The Kier molecular flexibility index (Phi) is 4.04. The van der Waals surface area contributed by atoms with E-state index in [9.17, 15) is 0 Å². The first-order valence-electron chi connectivity index (χ1n) is 7.57. The Hall–Kier alpha value is -1.06. The molecule has 3 N–H and O–H groups in total. The molecule has 0 saturated heterocycles. The van der Waals surface area contributed by atoms with Crippen LogP contribution in [-0.4, -0.2) is 12.6 Å². The van der Waals surface area contributed by atoms with Gasteiger partial charge in [0.2, 0.25) is 0 Å². The number of nitrogens with one attached hydrogen (secondary N) is 1. The van der Waals surface area contributed by atoms with E-state index >= 15 is 0 Å². The number of aryl methyl sites for hydroxylation is 1. The molecule has 0 aromatic heterocycles. The first kappa shape index (κ1) is 12.9. The van der Waals surface area contributed by atoms with Gasteiger partial charge < -0.3 is 4.74 Å². The molecule has 1 aromatic rings. The van der Waals surface area contributed by atoms with Crippen LogP contribution in [0.15, 0.2) is 18.2 Å².